The summed E-state index contributed by atoms with van der Waals surface area (Å²) < 4.78 is 37.6. The fourth-order valence-corrected chi connectivity index (χ4v) is 6.56. The second kappa shape index (κ2) is 9.88. The third-order valence-electron chi connectivity index (χ3n) is 6.06. The largest absolute Gasteiger partial charge is 0.496 e. The van der Waals surface area contributed by atoms with Crippen molar-refractivity contribution in [2.75, 3.05) is 20.0 Å². The lowest BCUT2D eigenvalue weighted by molar-refractivity contribution is -0.134. The van der Waals surface area contributed by atoms with Crippen molar-refractivity contribution in [3.8, 4) is 5.75 Å². The predicted molar refractivity (Wildman–Crippen MR) is 125 cm³/mol. The second-order valence-corrected chi connectivity index (χ2v) is 10.1. The third-order valence-corrected chi connectivity index (χ3v) is 8.02. The van der Waals surface area contributed by atoms with Crippen LogP contribution in [0, 0.1) is 0 Å². The van der Waals surface area contributed by atoms with Crippen LogP contribution in [0.4, 0.5) is 0 Å². The van der Waals surface area contributed by atoms with Gasteiger partial charge >= 0.3 is 5.97 Å². The molecule has 0 radical (unpaired) electrons. The van der Waals surface area contributed by atoms with Crippen LogP contribution in [-0.2, 0) is 19.4 Å². The average Bonchev–Trinajstić information content (AvgIpc) is 2.89. The molecule has 2 aromatic carbocycles. The first kappa shape index (κ1) is 24.0. The number of esters is 1. The number of benzene rings is 2. The number of sulfone groups is 1. The number of nitrogens with one attached hydrogen (secondary N) is 1. The molecular formula is C25H31NO5S. The standard InChI is InChI=1S/C25H31NO5S/c1-5-14-25(6-2)17-32(28,29)22-15-19(12-13-23(27)31-4)21(30-3)16-20(22)24(26-25)18-10-8-7-9-11-18/h7-13,15-16,24,26H,5-6,14,17H2,1-4H3/b13-12+/t24-,25-/m1/s1. The van der Waals surface area contributed by atoms with Crippen LogP contribution in [0.1, 0.15) is 55.8 Å². The van der Waals surface area contributed by atoms with E-state index >= 15 is 0 Å². The van der Waals surface area contributed by atoms with Crippen molar-refractivity contribution in [2.24, 2.45) is 0 Å². The second-order valence-electron chi connectivity index (χ2n) is 8.12. The summed E-state index contributed by atoms with van der Waals surface area (Å²) in [5, 5.41) is 3.71. The molecule has 0 saturated heterocycles. The van der Waals surface area contributed by atoms with Crippen molar-refractivity contribution in [3.63, 3.8) is 0 Å². The molecule has 172 valence electrons. The van der Waals surface area contributed by atoms with Gasteiger partial charge in [-0.2, -0.15) is 0 Å². The van der Waals surface area contributed by atoms with Gasteiger partial charge in [0.15, 0.2) is 9.84 Å². The van der Waals surface area contributed by atoms with E-state index in [0.717, 1.165) is 18.4 Å². The molecule has 7 heteroatoms. The van der Waals surface area contributed by atoms with E-state index in [2.05, 4.69) is 17.0 Å². The molecule has 0 aromatic heterocycles. The number of ether oxygens (including phenoxy) is 2. The Bertz CT molecular complexity index is 1090. The molecule has 1 heterocycles. The summed E-state index contributed by atoms with van der Waals surface area (Å²) in [7, 11) is -0.801. The lowest BCUT2D eigenvalue weighted by atomic mass is 9.88. The fraction of sp³-hybridized carbons (Fsp3) is 0.400. The molecule has 1 aliphatic rings. The van der Waals surface area contributed by atoms with Crippen LogP contribution in [0.15, 0.2) is 53.4 Å². The van der Waals surface area contributed by atoms with Crippen LogP contribution in [-0.4, -0.2) is 39.9 Å². The van der Waals surface area contributed by atoms with Gasteiger partial charge in [-0.15, -0.1) is 0 Å². The molecule has 0 amide bonds. The van der Waals surface area contributed by atoms with Crippen molar-refractivity contribution < 1.29 is 22.7 Å². The average molecular weight is 458 g/mol. The highest BCUT2D eigenvalue weighted by Crippen LogP contribution is 2.40. The van der Waals surface area contributed by atoms with E-state index in [4.69, 9.17) is 4.74 Å². The Balaban J connectivity index is 2.28. The molecule has 0 fully saturated rings. The van der Waals surface area contributed by atoms with E-state index in [1.165, 1.54) is 26.4 Å². The van der Waals surface area contributed by atoms with E-state index < -0.39 is 21.3 Å². The highest BCUT2D eigenvalue weighted by atomic mass is 32.2. The molecule has 0 bridgehead atoms. The molecule has 0 aliphatic carbocycles. The van der Waals surface area contributed by atoms with Crippen LogP contribution in [0.3, 0.4) is 0 Å². The zero-order valence-corrected chi connectivity index (χ0v) is 19.9. The zero-order valence-electron chi connectivity index (χ0n) is 19.1. The topological polar surface area (TPSA) is 81.7 Å². The van der Waals surface area contributed by atoms with Gasteiger partial charge in [-0.05, 0) is 42.2 Å². The van der Waals surface area contributed by atoms with Crippen molar-refractivity contribution in [2.45, 2.75) is 49.6 Å². The minimum absolute atomic E-state index is 0.00710. The van der Waals surface area contributed by atoms with E-state index in [0.29, 0.717) is 23.3 Å². The van der Waals surface area contributed by atoms with Gasteiger partial charge in [0.05, 0.1) is 30.9 Å². The number of rotatable bonds is 7. The minimum atomic E-state index is -3.62. The normalized spacial score (nSPS) is 22.2. The predicted octanol–water partition coefficient (Wildman–Crippen LogP) is 4.30. The molecule has 2 aromatic rings. The molecule has 0 saturated carbocycles. The van der Waals surface area contributed by atoms with Gasteiger partial charge in [0.25, 0.3) is 0 Å². The summed E-state index contributed by atoms with van der Waals surface area (Å²) >= 11 is 0. The van der Waals surface area contributed by atoms with Gasteiger partial charge in [-0.1, -0.05) is 50.6 Å². The Morgan fingerprint density at radius 1 is 1.19 bits per heavy atom. The van der Waals surface area contributed by atoms with E-state index in [-0.39, 0.29) is 16.7 Å². The molecular weight excluding hydrogens is 426 g/mol. The lowest BCUT2D eigenvalue weighted by Crippen LogP contribution is -2.50. The maximum Gasteiger partial charge on any atom is 0.330 e. The molecule has 32 heavy (non-hydrogen) atoms. The first-order valence-corrected chi connectivity index (χ1v) is 12.5. The first-order chi connectivity index (χ1) is 15.3. The molecule has 0 unspecified atom stereocenters. The summed E-state index contributed by atoms with van der Waals surface area (Å²) in [6.07, 6.45) is 5.07. The number of methoxy groups -OCH3 is 2. The lowest BCUT2D eigenvalue weighted by Gasteiger charge is -2.35. The maximum absolute atomic E-state index is 13.7. The Labute approximate surface area is 190 Å². The SMILES string of the molecule is CCC[C@]1(CC)CS(=O)(=O)c2cc(/C=C/C(=O)OC)c(OC)cc2[C@@H](c2ccccc2)N1. The fourth-order valence-electron chi connectivity index (χ4n) is 4.40. The van der Waals surface area contributed by atoms with Crippen LogP contribution < -0.4 is 10.1 Å². The molecule has 0 spiro atoms. The van der Waals surface area contributed by atoms with Gasteiger partial charge in [-0.3, -0.25) is 5.32 Å². The number of carbonyl (C=O) groups is 1. The number of fused-ring (bicyclic) bond motifs is 1. The summed E-state index contributed by atoms with van der Waals surface area (Å²) in [6.45, 7) is 4.10. The molecule has 1 aliphatic heterocycles. The number of carbonyl (C=O) groups excluding carboxylic acids is 1. The van der Waals surface area contributed by atoms with Crippen LogP contribution in [0.2, 0.25) is 0 Å². The van der Waals surface area contributed by atoms with Crippen LogP contribution in [0.5, 0.6) is 5.75 Å². The van der Waals surface area contributed by atoms with Gasteiger partial charge in [0.1, 0.15) is 5.75 Å². The summed E-state index contributed by atoms with van der Waals surface area (Å²) in [5.41, 5.74) is 1.59. The van der Waals surface area contributed by atoms with Crippen molar-refractivity contribution in [1.29, 1.82) is 0 Å². The van der Waals surface area contributed by atoms with Crippen LogP contribution in [0.25, 0.3) is 6.08 Å². The smallest absolute Gasteiger partial charge is 0.330 e. The van der Waals surface area contributed by atoms with Gasteiger partial charge < -0.3 is 9.47 Å². The van der Waals surface area contributed by atoms with Gasteiger partial charge in [-0.25, -0.2) is 13.2 Å². The van der Waals surface area contributed by atoms with Crippen LogP contribution >= 0.6 is 0 Å². The Kier molecular flexibility index (Phi) is 7.41. The first-order valence-electron chi connectivity index (χ1n) is 10.8. The van der Waals surface area contributed by atoms with E-state index in [1.807, 2.05) is 37.3 Å². The molecule has 3 rings (SSSR count). The zero-order chi connectivity index (χ0) is 23.4. The number of hydrogen-bond donors (Lipinski definition) is 1. The number of hydrogen-bond acceptors (Lipinski definition) is 6. The quantitative estimate of drug-likeness (QED) is 0.493. The van der Waals surface area contributed by atoms with E-state index in [9.17, 15) is 13.2 Å². The van der Waals surface area contributed by atoms with E-state index in [1.54, 1.807) is 12.1 Å². The Morgan fingerprint density at radius 3 is 2.50 bits per heavy atom. The third kappa shape index (κ3) is 4.89. The summed E-state index contributed by atoms with van der Waals surface area (Å²) in [5.74, 6) is -0.0318. The van der Waals surface area contributed by atoms with Crippen molar-refractivity contribution in [3.05, 3.63) is 65.2 Å². The van der Waals surface area contributed by atoms with Crippen molar-refractivity contribution >= 4 is 21.9 Å². The monoisotopic (exact) mass is 457 g/mol. The van der Waals surface area contributed by atoms with Gasteiger partial charge in [0.2, 0.25) is 0 Å². The Hall–Kier alpha value is -2.64. The highest BCUT2D eigenvalue weighted by Gasteiger charge is 2.42. The maximum atomic E-state index is 13.7. The minimum Gasteiger partial charge on any atom is -0.496 e. The summed E-state index contributed by atoms with van der Waals surface area (Å²) in [6, 6.07) is 12.9. The molecule has 6 nitrogen and oxygen atoms in total. The van der Waals surface area contributed by atoms with Crippen molar-refractivity contribution in [1.82, 2.24) is 5.32 Å². The Morgan fingerprint density at radius 2 is 1.91 bits per heavy atom. The highest BCUT2D eigenvalue weighted by molar-refractivity contribution is 7.91. The summed E-state index contributed by atoms with van der Waals surface area (Å²) in [4.78, 5) is 11.9. The van der Waals surface area contributed by atoms with Gasteiger partial charge in [0, 0.05) is 17.2 Å². The molecule has 2 atom stereocenters. The molecule has 1 N–H and O–H groups in total.